The van der Waals surface area contributed by atoms with Crippen LogP contribution in [0.3, 0.4) is 0 Å². The van der Waals surface area contributed by atoms with Crippen LogP contribution in [-0.4, -0.2) is 14.8 Å². The lowest BCUT2D eigenvalue weighted by Gasteiger charge is -2.13. The third-order valence-corrected chi connectivity index (χ3v) is 3.21. The Labute approximate surface area is 110 Å². The number of aromatic amines is 1. The van der Waals surface area contributed by atoms with Crippen molar-refractivity contribution in [2.75, 3.05) is 0 Å². The molecule has 0 unspecified atom stereocenters. The Hall–Kier alpha value is -1.13. The number of benzene rings is 1. The highest BCUT2D eigenvalue weighted by Crippen LogP contribution is 2.27. The predicted molar refractivity (Wildman–Crippen MR) is 72.6 cm³/mol. The molecule has 17 heavy (non-hydrogen) atoms. The predicted octanol–water partition coefficient (Wildman–Crippen LogP) is 4.02. The summed E-state index contributed by atoms with van der Waals surface area (Å²) in [6, 6.07) is 5.81. The highest BCUT2D eigenvalue weighted by molar-refractivity contribution is 7.71. The molecule has 0 saturated heterocycles. The first-order valence-corrected chi connectivity index (χ1v) is 6.23. The van der Waals surface area contributed by atoms with Crippen molar-refractivity contribution in [2.24, 2.45) is 0 Å². The van der Waals surface area contributed by atoms with E-state index in [-0.39, 0.29) is 5.92 Å². The minimum Gasteiger partial charge on any atom is -0.270 e. The van der Waals surface area contributed by atoms with Crippen LogP contribution in [-0.2, 0) is 0 Å². The van der Waals surface area contributed by atoms with Gasteiger partial charge >= 0.3 is 0 Å². The van der Waals surface area contributed by atoms with Crippen molar-refractivity contribution in [3.8, 4) is 5.69 Å². The molecule has 0 aliphatic carbocycles. The number of hydrogen-bond donors (Lipinski definition) is 1. The van der Waals surface area contributed by atoms with Gasteiger partial charge in [0.25, 0.3) is 0 Å². The van der Waals surface area contributed by atoms with E-state index in [1.54, 1.807) is 0 Å². The first-order chi connectivity index (χ1) is 8.02. The molecule has 0 saturated carbocycles. The first kappa shape index (κ1) is 12.3. The molecule has 0 atom stereocenters. The van der Waals surface area contributed by atoms with E-state index in [1.165, 1.54) is 0 Å². The summed E-state index contributed by atoms with van der Waals surface area (Å²) in [6.45, 7) is 6.17. The molecule has 0 aliphatic rings. The average Bonchev–Trinajstić information content (AvgIpc) is 2.61. The molecule has 1 N–H and O–H groups in total. The van der Waals surface area contributed by atoms with E-state index in [0.29, 0.717) is 9.79 Å². The Morgan fingerprint density at radius 2 is 2.12 bits per heavy atom. The number of halogens is 1. The molecule has 2 rings (SSSR count). The maximum Gasteiger partial charge on any atom is 0.199 e. The van der Waals surface area contributed by atoms with Crippen molar-refractivity contribution in [1.82, 2.24) is 14.8 Å². The molecule has 1 heterocycles. The van der Waals surface area contributed by atoms with Gasteiger partial charge in [-0.05, 0) is 30.8 Å². The molecule has 0 bridgehead atoms. The number of hydrogen-bond acceptors (Lipinski definition) is 2. The van der Waals surface area contributed by atoms with Crippen LogP contribution in [0.5, 0.6) is 0 Å². The normalized spacial score (nSPS) is 11.1. The average molecular weight is 268 g/mol. The van der Waals surface area contributed by atoms with Crippen LogP contribution < -0.4 is 0 Å². The first-order valence-electron chi connectivity index (χ1n) is 5.45. The Morgan fingerprint density at radius 3 is 2.71 bits per heavy atom. The monoisotopic (exact) mass is 267 g/mol. The van der Waals surface area contributed by atoms with E-state index < -0.39 is 0 Å². The van der Waals surface area contributed by atoms with Crippen molar-refractivity contribution >= 4 is 23.8 Å². The zero-order chi connectivity index (χ0) is 12.6. The fourth-order valence-electron chi connectivity index (χ4n) is 1.82. The summed E-state index contributed by atoms with van der Waals surface area (Å²) in [5, 5.41) is 7.77. The number of para-hydroxylation sites is 1. The number of aryl methyl sites for hydroxylation is 1. The molecule has 0 fully saturated rings. The maximum absolute atomic E-state index is 6.26. The van der Waals surface area contributed by atoms with Crippen LogP contribution in [0, 0.1) is 11.7 Å². The molecule has 2 aromatic rings. The van der Waals surface area contributed by atoms with Gasteiger partial charge in [-0.15, -0.1) is 0 Å². The topological polar surface area (TPSA) is 33.6 Å². The Morgan fingerprint density at radius 1 is 1.41 bits per heavy atom. The van der Waals surface area contributed by atoms with Gasteiger partial charge in [0, 0.05) is 5.92 Å². The van der Waals surface area contributed by atoms with Crippen LogP contribution in [0.15, 0.2) is 18.2 Å². The number of rotatable bonds is 2. The molecule has 1 aromatic carbocycles. The Balaban J connectivity index is 2.77. The third kappa shape index (κ3) is 2.15. The van der Waals surface area contributed by atoms with Crippen molar-refractivity contribution in [2.45, 2.75) is 26.7 Å². The smallest absolute Gasteiger partial charge is 0.199 e. The van der Waals surface area contributed by atoms with Crippen molar-refractivity contribution in [1.29, 1.82) is 0 Å². The minimum atomic E-state index is 0.277. The lowest BCUT2D eigenvalue weighted by molar-refractivity contribution is 0.743. The standard InChI is InChI=1S/C12H14ClN3S/c1-7(2)11-14-15-12(17)16(11)10-8(3)5-4-6-9(10)13/h4-7H,1-3H3,(H,15,17). The molecule has 3 nitrogen and oxygen atoms in total. The molecule has 0 spiro atoms. The number of H-pyrrole nitrogens is 1. The van der Waals surface area contributed by atoms with Gasteiger partial charge in [0.1, 0.15) is 5.82 Å². The van der Waals surface area contributed by atoms with Gasteiger partial charge in [-0.25, -0.2) is 0 Å². The van der Waals surface area contributed by atoms with Gasteiger partial charge in [-0.1, -0.05) is 37.6 Å². The third-order valence-electron chi connectivity index (χ3n) is 2.63. The van der Waals surface area contributed by atoms with E-state index in [9.17, 15) is 0 Å². The van der Waals surface area contributed by atoms with Gasteiger partial charge in [0.2, 0.25) is 0 Å². The fraction of sp³-hybridized carbons (Fsp3) is 0.333. The zero-order valence-electron chi connectivity index (χ0n) is 9.99. The molecule has 1 aromatic heterocycles. The van der Waals surface area contributed by atoms with Crippen LogP contribution >= 0.6 is 23.8 Å². The van der Waals surface area contributed by atoms with E-state index in [1.807, 2.05) is 29.7 Å². The quantitative estimate of drug-likeness (QED) is 0.834. The molecule has 0 radical (unpaired) electrons. The van der Waals surface area contributed by atoms with Gasteiger partial charge < -0.3 is 0 Å². The minimum absolute atomic E-state index is 0.277. The second kappa shape index (κ2) is 4.63. The Bertz CT molecular complexity index is 578. The van der Waals surface area contributed by atoms with Crippen molar-refractivity contribution in [3.05, 3.63) is 39.4 Å². The summed E-state index contributed by atoms with van der Waals surface area (Å²) in [6.07, 6.45) is 0. The van der Waals surface area contributed by atoms with Gasteiger partial charge in [0.15, 0.2) is 4.77 Å². The lowest BCUT2D eigenvalue weighted by atomic mass is 10.1. The SMILES string of the molecule is Cc1cccc(Cl)c1-n1c(C(C)C)n[nH]c1=S. The summed E-state index contributed by atoms with van der Waals surface area (Å²) in [4.78, 5) is 0. The van der Waals surface area contributed by atoms with E-state index in [2.05, 4.69) is 24.0 Å². The molecule has 0 aliphatic heterocycles. The van der Waals surface area contributed by atoms with Crippen LogP contribution in [0.1, 0.15) is 31.2 Å². The molecule has 0 amide bonds. The van der Waals surface area contributed by atoms with Crippen molar-refractivity contribution < 1.29 is 0 Å². The maximum atomic E-state index is 6.26. The lowest BCUT2D eigenvalue weighted by Crippen LogP contribution is -2.05. The molecule has 5 heteroatoms. The van der Waals surface area contributed by atoms with Crippen LogP contribution in [0.2, 0.25) is 5.02 Å². The largest absolute Gasteiger partial charge is 0.270 e. The number of aromatic nitrogens is 3. The highest BCUT2D eigenvalue weighted by atomic mass is 35.5. The second-order valence-corrected chi connectivity index (χ2v) is 5.08. The van der Waals surface area contributed by atoms with E-state index in [0.717, 1.165) is 17.1 Å². The van der Waals surface area contributed by atoms with Crippen LogP contribution in [0.4, 0.5) is 0 Å². The molecular weight excluding hydrogens is 254 g/mol. The fourth-order valence-corrected chi connectivity index (χ4v) is 2.36. The van der Waals surface area contributed by atoms with Crippen LogP contribution in [0.25, 0.3) is 5.69 Å². The summed E-state index contributed by atoms with van der Waals surface area (Å²) in [5.74, 6) is 1.17. The summed E-state index contributed by atoms with van der Waals surface area (Å²) in [5.41, 5.74) is 1.99. The molecular formula is C12H14ClN3S. The number of nitrogens with one attached hydrogen (secondary N) is 1. The van der Waals surface area contributed by atoms with E-state index >= 15 is 0 Å². The van der Waals surface area contributed by atoms with Gasteiger partial charge in [0.05, 0.1) is 10.7 Å². The van der Waals surface area contributed by atoms with Gasteiger partial charge in [-0.2, -0.15) is 5.10 Å². The van der Waals surface area contributed by atoms with E-state index in [4.69, 9.17) is 23.8 Å². The summed E-state index contributed by atoms with van der Waals surface area (Å²) >= 11 is 11.5. The highest BCUT2D eigenvalue weighted by Gasteiger charge is 2.15. The molecule has 90 valence electrons. The number of nitrogens with zero attached hydrogens (tertiary/aromatic N) is 2. The second-order valence-electron chi connectivity index (χ2n) is 4.28. The Kier molecular flexibility index (Phi) is 3.35. The summed E-state index contributed by atoms with van der Waals surface area (Å²) < 4.78 is 2.49. The van der Waals surface area contributed by atoms with Gasteiger partial charge in [-0.3, -0.25) is 9.67 Å². The summed E-state index contributed by atoms with van der Waals surface area (Å²) in [7, 11) is 0. The zero-order valence-corrected chi connectivity index (χ0v) is 11.6. The van der Waals surface area contributed by atoms with Crippen molar-refractivity contribution in [3.63, 3.8) is 0 Å².